The molecule has 3 aromatic heterocycles. The smallest absolute Gasteiger partial charge is 0.378 e. The molecule has 0 amide bonds. The van der Waals surface area contributed by atoms with Crippen LogP contribution in [0.4, 0.5) is 19.0 Å². The fourth-order valence-corrected chi connectivity index (χ4v) is 4.01. The molecule has 0 N–H and O–H groups in total. The largest absolute Gasteiger partial charge is 0.416 e. The monoisotopic (exact) mass is 443 g/mol. The molecule has 0 bridgehead atoms. The van der Waals surface area contributed by atoms with Crippen LogP contribution in [0, 0.1) is 6.92 Å². The number of aromatic nitrogens is 6. The molecule has 5 rings (SSSR count). The lowest BCUT2D eigenvalue weighted by atomic mass is 10.0. The Morgan fingerprint density at radius 2 is 1.81 bits per heavy atom. The van der Waals surface area contributed by atoms with Crippen LogP contribution in [0.25, 0.3) is 28.0 Å². The third-order valence-corrected chi connectivity index (χ3v) is 5.74. The molecule has 1 aliphatic rings. The Kier molecular flexibility index (Phi) is 4.66. The topological polar surface area (TPSA) is 73.4 Å². The molecule has 0 saturated carbocycles. The summed E-state index contributed by atoms with van der Waals surface area (Å²) in [7, 11) is 3.43. The summed E-state index contributed by atoms with van der Waals surface area (Å²) >= 11 is 0. The average Bonchev–Trinajstić information content (AvgIpc) is 3.27. The molecule has 1 saturated heterocycles. The van der Waals surface area contributed by atoms with Gasteiger partial charge in [0, 0.05) is 38.4 Å². The van der Waals surface area contributed by atoms with Crippen LogP contribution < -0.4 is 4.90 Å². The van der Waals surface area contributed by atoms with Gasteiger partial charge in [-0.15, -0.1) is 0 Å². The highest BCUT2D eigenvalue weighted by atomic mass is 19.4. The fourth-order valence-electron chi connectivity index (χ4n) is 4.01. The van der Waals surface area contributed by atoms with Gasteiger partial charge < -0.3 is 9.64 Å². The minimum atomic E-state index is -4.39. The molecule has 1 fully saturated rings. The van der Waals surface area contributed by atoms with E-state index in [0.717, 1.165) is 23.5 Å². The zero-order valence-corrected chi connectivity index (χ0v) is 17.6. The van der Waals surface area contributed by atoms with Crippen molar-refractivity contribution in [2.75, 3.05) is 25.1 Å². The first-order chi connectivity index (χ1) is 15.3. The first-order valence-corrected chi connectivity index (χ1v) is 9.96. The quantitative estimate of drug-likeness (QED) is 0.482. The van der Waals surface area contributed by atoms with Gasteiger partial charge in [-0.1, -0.05) is 12.1 Å². The Balaban J connectivity index is 1.65. The second-order valence-corrected chi connectivity index (χ2v) is 7.72. The highest BCUT2D eigenvalue weighted by molar-refractivity contribution is 5.92. The van der Waals surface area contributed by atoms with Crippen LogP contribution in [-0.2, 0) is 18.0 Å². The number of aryl methyl sites for hydroxylation is 2. The molecule has 1 aliphatic heterocycles. The maximum absolute atomic E-state index is 13.0. The molecule has 4 aromatic rings. The van der Waals surface area contributed by atoms with Gasteiger partial charge in [-0.25, -0.2) is 14.5 Å². The first kappa shape index (κ1) is 20.4. The van der Waals surface area contributed by atoms with Crippen molar-refractivity contribution >= 4 is 11.3 Å². The maximum Gasteiger partial charge on any atom is 0.416 e. The molecule has 11 heteroatoms. The molecular formula is C21H20F3N7O. The van der Waals surface area contributed by atoms with E-state index >= 15 is 0 Å². The van der Waals surface area contributed by atoms with Crippen molar-refractivity contribution in [2.45, 2.75) is 19.2 Å². The molecule has 0 aliphatic carbocycles. The highest BCUT2D eigenvalue weighted by Gasteiger charge is 2.32. The van der Waals surface area contributed by atoms with Crippen LogP contribution in [-0.4, -0.2) is 55.7 Å². The Labute approximate surface area is 181 Å². The molecular weight excluding hydrogens is 423 g/mol. The minimum absolute atomic E-state index is 0.138. The number of methoxy groups -OCH3 is 1. The van der Waals surface area contributed by atoms with Gasteiger partial charge in [0.1, 0.15) is 23.4 Å². The van der Waals surface area contributed by atoms with Crippen LogP contribution in [0.1, 0.15) is 11.4 Å². The summed E-state index contributed by atoms with van der Waals surface area (Å²) in [6, 6.07) is 5.04. The van der Waals surface area contributed by atoms with Crippen LogP contribution in [0.5, 0.6) is 0 Å². The number of hydrogen-bond acceptors (Lipinski definition) is 6. The number of anilines is 1. The lowest BCUT2D eigenvalue weighted by Crippen LogP contribution is -2.52. The molecule has 8 nitrogen and oxygen atoms in total. The minimum Gasteiger partial charge on any atom is -0.378 e. The number of benzene rings is 1. The molecule has 0 radical (unpaired) electrons. The van der Waals surface area contributed by atoms with E-state index < -0.39 is 11.7 Å². The van der Waals surface area contributed by atoms with E-state index in [1.165, 1.54) is 18.5 Å². The van der Waals surface area contributed by atoms with Crippen molar-refractivity contribution in [1.29, 1.82) is 0 Å². The second kappa shape index (κ2) is 7.30. The third-order valence-electron chi connectivity index (χ3n) is 5.74. The standard InChI is InChI=1S/C21H20F3N7O/c1-12-28-17(19-20(25-11-27-31(12)19)30-9-15(10-30)32-3)16-8-26-29(2)18(16)13-4-6-14(7-5-13)21(22,23)24/h4-8,11,15H,9-10H2,1-3H3. The van der Waals surface area contributed by atoms with Crippen molar-refractivity contribution in [3.8, 4) is 22.5 Å². The van der Waals surface area contributed by atoms with E-state index in [4.69, 9.17) is 9.72 Å². The van der Waals surface area contributed by atoms with Gasteiger partial charge in [-0.2, -0.15) is 23.4 Å². The molecule has 1 aromatic carbocycles. The van der Waals surface area contributed by atoms with Gasteiger partial charge in [0.2, 0.25) is 0 Å². The fraction of sp³-hybridized carbons (Fsp3) is 0.333. The van der Waals surface area contributed by atoms with E-state index in [1.54, 1.807) is 29.6 Å². The first-order valence-electron chi connectivity index (χ1n) is 9.96. The van der Waals surface area contributed by atoms with Gasteiger partial charge in [-0.3, -0.25) is 4.68 Å². The van der Waals surface area contributed by atoms with Gasteiger partial charge >= 0.3 is 6.18 Å². The number of rotatable bonds is 4. The number of imidazole rings is 1. The predicted molar refractivity (Wildman–Crippen MR) is 111 cm³/mol. The van der Waals surface area contributed by atoms with Crippen molar-refractivity contribution in [3.05, 3.63) is 48.2 Å². The third kappa shape index (κ3) is 3.20. The summed E-state index contributed by atoms with van der Waals surface area (Å²) < 4.78 is 47.8. The van der Waals surface area contributed by atoms with Crippen LogP contribution in [0.2, 0.25) is 0 Å². The van der Waals surface area contributed by atoms with E-state index in [-0.39, 0.29) is 6.10 Å². The van der Waals surface area contributed by atoms with Crippen molar-refractivity contribution in [3.63, 3.8) is 0 Å². The number of halogens is 3. The molecule has 4 heterocycles. The summed E-state index contributed by atoms with van der Waals surface area (Å²) in [5.74, 6) is 1.40. The van der Waals surface area contributed by atoms with E-state index in [1.807, 2.05) is 6.92 Å². The summed E-state index contributed by atoms with van der Waals surface area (Å²) in [6.45, 7) is 3.24. The van der Waals surface area contributed by atoms with Crippen LogP contribution >= 0.6 is 0 Å². The van der Waals surface area contributed by atoms with Gasteiger partial charge in [-0.05, 0) is 19.1 Å². The Morgan fingerprint density at radius 1 is 1.09 bits per heavy atom. The maximum atomic E-state index is 13.0. The Bertz CT molecular complexity index is 1290. The van der Waals surface area contributed by atoms with Crippen molar-refractivity contribution in [1.82, 2.24) is 29.4 Å². The van der Waals surface area contributed by atoms with Gasteiger partial charge in [0.05, 0.1) is 23.6 Å². The van der Waals surface area contributed by atoms with Gasteiger partial charge in [0.15, 0.2) is 5.82 Å². The second-order valence-electron chi connectivity index (χ2n) is 7.72. The SMILES string of the molecule is COC1CN(c2ncnn3c(C)nc(-c4cnn(C)c4-c4ccc(C(F)(F)F)cc4)c23)C1. The Morgan fingerprint density at radius 3 is 2.47 bits per heavy atom. The zero-order chi connectivity index (χ0) is 22.6. The number of alkyl halides is 3. The molecule has 32 heavy (non-hydrogen) atoms. The van der Waals surface area contributed by atoms with E-state index in [9.17, 15) is 13.2 Å². The van der Waals surface area contributed by atoms with E-state index in [2.05, 4.69) is 20.1 Å². The van der Waals surface area contributed by atoms with Crippen molar-refractivity contribution in [2.24, 2.45) is 7.05 Å². The lowest BCUT2D eigenvalue weighted by Gasteiger charge is -2.39. The summed E-state index contributed by atoms with van der Waals surface area (Å²) in [5, 5.41) is 8.71. The summed E-state index contributed by atoms with van der Waals surface area (Å²) in [6.07, 6.45) is -1.10. The number of hydrogen-bond donors (Lipinski definition) is 0. The van der Waals surface area contributed by atoms with E-state index in [0.29, 0.717) is 41.4 Å². The summed E-state index contributed by atoms with van der Waals surface area (Å²) in [5.41, 5.74) is 2.61. The zero-order valence-electron chi connectivity index (χ0n) is 17.6. The normalized spacial score (nSPS) is 14.9. The molecule has 0 unspecified atom stereocenters. The molecule has 0 spiro atoms. The van der Waals surface area contributed by atoms with Crippen LogP contribution in [0.15, 0.2) is 36.8 Å². The predicted octanol–water partition coefficient (Wildman–Crippen LogP) is 3.35. The Hall–Kier alpha value is -3.47. The number of fused-ring (bicyclic) bond motifs is 1. The number of ether oxygens (including phenoxy) is 1. The average molecular weight is 443 g/mol. The molecule has 0 atom stereocenters. The molecule has 166 valence electrons. The lowest BCUT2D eigenvalue weighted by molar-refractivity contribution is -0.137. The van der Waals surface area contributed by atoms with Crippen LogP contribution in [0.3, 0.4) is 0 Å². The number of nitrogens with zero attached hydrogens (tertiary/aromatic N) is 7. The highest BCUT2D eigenvalue weighted by Crippen LogP contribution is 2.38. The van der Waals surface area contributed by atoms with Crippen molar-refractivity contribution < 1.29 is 17.9 Å². The summed E-state index contributed by atoms with van der Waals surface area (Å²) in [4.78, 5) is 11.3. The van der Waals surface area contributed by atoms with Gasteiger partial charge in [0.25, 0.3) is 0 Å².